The van der Waals surface area contributed by atoms with Gasteiger partial charge in [0, 0.05) is 36.1 Å². The number of ether oxygens (including phenoxy) is 1. The van der Waals surface area contributed by atoms with Gasteiger partial charge in [0.2, 0.25) is 10.0 Å². The van der Waals surface area contributed by atoms with Crippen LogP contribution in [-0.2, 0) is 16.6 Å². The molecule has 5 heterocycles. The minimum absolute atomic E-state index is 0.00429. The topological polar surface area (TPSA) is 128 Å². The lowest BCUT2D eigenvalue weighted by Gasteiger charge is -2.29. The van der Waals surface area contributed by atoms with Gasteiger partial charge in [-0.3, -0.25) is 9.20 Å². The Hall–Kier alpha value is -3.85. The number of carbonyl (C=O) groups is 1. The summed E-state index contributed by atoms with van der Waals surface area (Å²) in [7, 11) is -2.80. The third-order valence-corrected chi connectivity index (χ3v) is 10.2. The number of nitrogens with zero attached hydrogens (tertiary/aromatic N) is 6. The molecule has 1 saturated heterocycles. The maximum atomic E-state index is 14.6. The molecule has 4 atom stereocenters. The Kier molecular flexibility index (Phi) is 6.63. The van der Waals surface area contributed by atoms with E-state index in [1.807, 2.05) is 17.6 Å². The van der Waals surface area contributed by atoms with E-state index in [1.54, 1.807) is 22.6 Å². The Labute approximate surface area is 251 Å². The standard InChI is InChI=1S/C29H32F3N7O4S/c1-14-25(20-9-16-6-7-21(39(29(31)32)44(3,41)42)35-27(16)36(20)12-15-4-5-15)34-22-10-17(11-23(43-2)38(14)22)28(40)37-13-18-8-19(30)26(37)24(18)33/h6-7,9-11,15,18-19,24,26,29H,4-5,8,12-13,33H2,1-3H3/t18-,19?,24-,26-/m1/s1. The first-order chi connectivity index (χ1) is 20.9. The fourth-order valence-electron chi connectivity index (χ4n) is 6.85. The predicted octanol–water partition coefficient (Wildman–Crippen LogP) is 3.58. The molecule has 7 rings (SSSR count). The molecule has 2 bridgehead atoms. The molecule has 2 aliphatic carbocycles. The molecule has 0 spiro atoms. The maximum Gasteiger partial charge on any atom is 0.329 e. The molecule has 44 heavy (non-hydrogen) atoms. The monoisotopic (exact) mass is 631 g/mol. The van der Waals surface area contributed by atoms with Crippen LogP contribution < -0.4 is 14.8 Å². The number of carbonyl (C=O) groups excluding carboxylic acids is 1. The second-order valence-electron chi connectivity index (χ2n) is 12.1. The molecule has 4 aromatic rings. The number of aryl methyl sites for hydroxylation is 1. The first-order valence-electron chi connectivity index (χ1n) is 14.4. The van der Waals surface area contributed by atoms with E-state index in [0.29, 0.717) is 76.9 Å². The van der Waals surface area contributed by atoms with Gasteiger partial charge in [-0.05, 0) is 62.3 Å². The van der Waals surface area contributed by atoms with Gasteiger partial charge in [-0.15, -0.1) is 0 Å². The molecule has 1 aliphatic heterocycles. The van der Waals surface area contributed by atoms with Gasteiger partial charge in [0.05, 0.1) is 30.8 Å². The predicted molar refractivity (Wildman–Crippen MR) is 157 cm³/mol. The van der Waals surface area contributed by atoms with E-state index >= 15 is 0 Å². The zero-order valence-corrected chi connectivity index (χ0v) is 25.1. The molecular formula is C29H32F3N7O4S. The number of hydrogen-bond donors (Lipinski definition) is 1. The van der Waals surface area contributed by atoms with Gasteiger partial charge in [0.25, 0.3) is 5.91 Å². The summed E-state index contributed by atoms with van der Waals surface area (Å²) in [6.45, 7) is -0.505. The molecule has 2 N–H and O–H groups in total. The van der Waals surface area contributed by atoms with Crippen LogP contribution in [0, 0.1) is 18.8 Å². The average Bonchev–Trinajstić information content (AvgIpc) is 3.41. The highest BCUT2D eigenvalue weighted by molar-refractivity contribution is 7.92. The summed E-state index contributed by atoms with van der Waals surface area (Å²) in [5.41, 5.74) is 9.23. The largest absolute Gasteiger partial charge is 0.482 e. The van der Waals surface area contributed by atoms with Crippen molar-refractivity contribution in [3.8, 4) is 17.3 Å². The number of likely N-dealkylation sites (tertiary alicyclic amines) is 1. The lowest BCUT2D eigenvalue weighted by molar-refractivity contribution is 0.0590. The summed E-state index contributed by atoms with van der Waals surface area (Å²) in [5, 5.41) is 0.632. The van der Waals surface area contributed by atoms with Crippen molar-refractivity contribution in [2.24, 2.45) is 17.6 Å². The van der Waals surface area contributed by atoms with Crippen molar-refractivity contribution < 1.29 is 31.1 Å². The van der Waals surface area contributed by atoms with Crippen molar-refractivity contribution in [1.82, 2.24) is 23.8 Å². The summed E-state index contributed by atoms with van der Waals surface area (Å²) >= 11 is 0. The summed E-state index contributed by atoms with van der Waals surface area (Å²) in [6.07, 6.45) is 1.91. The van der Waals surface area contributed by atoms with Gasteiger partial charge < -0.3 is 19.9 Å². The van der Waals surface area contributed by atoms with E-state index in [-0.39, 0.29) is 21.9 Å². The summed E-state index contributed by atoms with van der Waals surface area (Å²) in [6, 6.07) is 6.87. The Morgan fingerprint density at radius 1 is 1.20 bits per heavy atom. The molecule has 3 fully saturated rings. The van der Waals surface area contributed by atoms with Crippen LogP contribution in [0.2, 0.25) is 0 Å². The molecule has 11 nitrogen and oxygen atoms in total. The number of anilines is 1. The minimum Gasteiger partial charge on any atom is -0.482 e. The van der Waals surface area contributed by atoms with Gasteiger partial charge in [0.1, 0.15) is 29.0 Å². The molecule has 3 aliphatic rings. The van der Waals surface area contributed by atoms with E-state index < -0.39 is 34.8 Å². The second kappa shape index (κ2) is 10.1. The lowest BCUT2D eigenvalue weighted by atomic mass is 10.1. The van der Waals surface area contributed by atoms with Crippen LogP contribution in [0.25, 0.3) is 28.1 Å². The van der Waals surface area contributed by atoms with E-state index in [9.17, 15) is 26.4 Å². The van der Waals surface area contributed by atoms with Gasteiger partial charge in [-0.2, -0.15) is 13.1 Å². The number of aromatic nitrogens is 4. The van der Waals surface area contributed by atoms with Crippen molar-refractivity contribution >= 4 is 38.4 Å². The van der Waals surface area contributed by atoms with Crippen LogP contribution in [0.4, 0.5) is 19.0 Å². The fourth-order valence-corrected chi connectivity index (χ4v) is 7.58. The summed E-state index contributed by atoms with van der Waals surface area (Å²) in [4.78, 5) is 24.4. The quantitative estimate of drug-likeness (QED) is 0.295. The smallest absolute Gasteiger partial charge is 0.329 e. The van der Waals surface area contributed by atoms with Gasteiger partial charge in [-0.25, -0.2) is 22.8 Å². The number of hydrogen-bond acceptors (Lipinski definition) is 7. The lowest BCUT2D eigenvalue weighted by Crippen LogP contribution is -2.46. The zero-order valence-electron chi connectivity index (χ0n) is 24.3. The van der Waals surface area contributed by atoms with Gasteiger partial charge >= 0.3 is 6.55 Å². The zero-order chi connectivity index (χ0) is 31.2. The molecule has 4 aromatic heterocycles. The highest BCUT2D eigenvalue weighted by Gasteiger charge is 2.53. The number of pyridine rings is 2. The third kappa shape index (κ3) is 4.50. The Morgan fingerprint density at radius 2 is 1.95 bits per heavy atom. The number of halogens is 3. The van der Waals surface area contributed by atoms with Crippen molar-refractivity contribution in [3.05, 3.63) is 41.6 Å². The van der Waals surface area contributed by atoms with Crippen LogP contribution in [0.3, 0.4) is 0 Å². The number of alkyl halides is 3. The number of nitrogens with two attached hydrogens (primary N) is 1. The van der Waals surface area contributed by atoms with Crippen LogP contribution in [-0.4, -0.2) is 82.9 Å². The van der Waals surface area contributed by atoms with Crippen molar-refractivity contribution in [3.63, 3.8) is 0 Å². The first-order valence-corrected chi connectivity index (χ1v) is 16.3. The summed E-state index contributed by atoms with van der Waals surface area (Å²) in [5.74, 6) is -0.0731. The number of piperidine rings is 1. The minimum atomic E-state index is -4.29. The molecule has 1 amide bonds. The van der Waals surface area contributed by atoms with Crippen LogP contribution in [0.1, 0.15) is 35.3 Å². The molecule has 15 heteroatoms. The average molecular weight is 632 g/mol. The third-order valence-electron chi connectivity index (χ3n) is 9.13. The van der Waals surface area contributed by atoms with E-state index in [4.69, 9.17) is 15.5 Å². The van der Waals surface area contributed by atoms with Gasteiger partial charge in [0.15, 0.2) is 5.88 Å². The van der Waals surface area contributed by atoms with Crippen molar-refractivity contribution in [1.29, 1.82) is 0 Å². The molecule has 2 saturated carbocycles. The Bertz CT molecular complexity index is 1920. The number of rotatable bonds is 8. The highest BCUT2D eigenvalue weighted by Crippen LogP contribution is 2.41. The van der Waals surface area contributed by atoms with Crippen LogP contribution in [0.15, 0.2) is 30.3 Å². The molecule has 234 valence electrons. The number of sulfonamides is 1. The fraction of sp³-hybridized carbons (Fsp3) is 0.483. The Morgan fingerprint density at radius 3 is 2.57 bits per heavy atom. The normalized spacial score (nSPS) is 23.4. The van der Waals surface area contributed by atoms with Crippen molar-refractivity contribution in [2.45, 2.75) is 57.5 Å². The maximum absolute atomic E-state index is 14.6. The number of methoxy groups -OCH3 is 1. The van der Waals surface area contributed by atoms with E-state index in [0.717, 1.165) is 12.8 Å². The van der Waals surface area contributed by atoms with E-state index in [1.165, 1.54) is 18.1 Å². The molecular weight excluding hydrogens is 599 g/mol. The summed E-state index contributed by atoms with van der Waals surface area (Å²) < 4.78 is 75.9. The molecule has 0 aromatic carbocycles. The number of fused-ring (bicyclic) bond motifs is 4. The first kappa shape index (κ1) is 28.9. The number of amides is 1. The molecule has 1 unspecified atom stereocenters. The van der Waals surface area contributed by atoms with Crippen molar-refractivity contribution in [2.75, 3.05) is 24.2 Å². The Balaban J connectivity index is 1.34. The van der Waals surface area contributed by atoms with E-state index in [2.05, 4.69) is 4.98 Å². The SMILES string of the molecule is COc1cc(C(=O)N2C[C@H]3CC(F)[C@@H]2[C@@H]3N)cc2nc(-c3cc4ccc(N(C(F)F)S(C)(=O)=O)nc4n3CC3CC3)c(C)n12. The van der Waals surface area contributed by atoms with Crippen LogP contribution >= 0.6 is 0 Å². The molecule has 0 radical (unpaired) electrons. The van der Waals surface area contributed by atoms with Gasteiger partial charge in [-0.1, -0.05) is 0 Å². The number of imidazole rings is 1. The second-order valence-corrected chi connectivity index (χ2v) is 13.9. The highest BCUT2D eigenvalue weighted by atomic mass is 32.2. The van der Waals surface area contributed by atoms with Crippen LogP contribution in [0.5, 0.6) is 5.88 Å².